The molecule has 0 aliphatic carbocycles. The summed E-state index contributed by atoms with van der Waals surface area (Å²) < 4.78 is 0. The molecule has 0 saturated carbocycles. The summed E-state index contributed by atoms with van der Waals surface area (Å²) in [7, 11) is 0. The van der Waals surface area contributed by atoms with Gasteiger partial charge in [-0.05, 0) is 5.56 Å². The molecule has 1 unspecified atom stereocenters. The number of carboxylic acids is 1. The monoisotopic (exact) mass is 318 g/mol. The number of nitrogens with one attached hydrogen (secondary N) is 1. The number of carbonyl (C=O) groups excluding carboxylic acids is 1. The van der Waals surface area contributed by atoms with Gasteiger partial charge in [0.05, 0.1) is 5.01 Å². The van der Waals surface area contributed by atoms with Crippen LogP contribution in [-0.2, 0) is 11.2 Å². The molecule has 1 atom stereocenters. The van der Waals surface area contributed by atoms with Gasteiger partial charge in [-0.2, -0.15) is 0 Å². The first kappa shape index (κ1) is 16.2. The summed E-state index contributed by atoms with van der Waals surface area (Å²) >= 11 is 1.41. The maximum atomic E-state index is 12.2. The van der Waals surface area contributed by atoms with Gasteiger partial charge in [-0.25, -0.2) is 9.78 Å². The molecule has 0 saturated heterocycles. The van der Waals surface area contributed by atoms with Crippen LogP contribution < -0.4 is 5.32 Å². The minimum absolute atomic E-state index is 0.239. The van der Waals surface area contributed by atoms with E-state index in [2.05, 4.69) is 10.3 Å². The zero-order valence-corrected chi connectivity index (χ0v) is 13.3. The Balaban J connectivity index is 2.07. The smallest absolute Gasteiger partial charge is 0.326 e. The second-order valence-electron chi connectivity index (χ2n) is 5.28. The summed E-state index contributed by atoms with van der Waals surface area (Å²) in [5.41, 5.74) is 1.13. The van der Waals surface area contributed by atoms with Gasteiger partial charge in [-0.3, -0.25) is 4.79 Å². The van der Waals surface area contributed by atoms with Crippen molar-refractivity contribution in [2.24, 2.45) is 0 Å². The summed E-state index contributed by atoms with van der Waals surface area (Å²) in [4.78, 5) is 27.7. The van der Waals surface area contributed by atoms with Gasteiger partial charge < -0.3 is 10.4 Å². The average Bonchev–Trinajstić information content (AvgIpc) is 2.97. The Morgan fingerprint density at radius 2 is 1.95 bits per heavy atom. The van der Waals surface area contributed by atoms with Crippen LogP contribution in [-0.4, -0.2) is 28.0 Å². The van der Waals surface area contributed by atoms with Crippen LogP contribution in [0.5, 0.6) is 0 Å². The third-order valence-corrected chi connectivity index (χ3v) is 4.28. The molecule has 22 heavy (non-hydrogen) atoms. The fraction of sp³-hybridized carbons (Fsp3) is 0.312. The van der Waals surface area contributed by atoms with Gasteiger partial charge in [-0.1, -0.05) is 44.2 Å². The Hall–Kier alpha value is -2.21. The predicted octanol–water partition coefficient (Wildman–Crippen LogP) is 2.69. The van der Waals surface area contributed by atoms with Crippen molar-refractivity contribution in [2.75, 3.05) is 0 Å². The van der Waals surface area contributed by atoms with E-state index < -0.39 is 17.9 Å². The van der Waals surface area contributed by atoms with E-state index in [4.69, 9.17) is 0 Å². The molecule has 2 N–H and O–H groups in total. The van der Waals surface area contributed by atoms with E-state index in [-0.39, 0.29) is 18.0 Å². The lowest BCUT2D eigenvalue weighted by Gasteiger charge is -2.13. The molecule has 0 aliphatic heterocycles. The molecule has 116 valence electrons. The molecule has 0 fully saturated rings. The Kier molecular flexibility index (Phi) is 5.27. The Labute approximate surface area is 133 Å². The van der Waals surface area contributed by atoms with Crippen LogP contribution in [0, 0.1) is 0 Å². The van der Waals surface area contributed by atoms with Gasteiger partial charge in [0.15, 0.2) is 0 Å². The van der Waals surface area contributed by atoms with Gasteiger partial charge in [0.1, 0.15) is 11.7 Å². The highest BCUT2D eigenvalue weighted by atomic mass is 32.1. The fourth-order valence-electron chi connectivity index (χ4n) is 1.94. The molecular weight excluding hydrogens is 300 g/mol. The molecule has 0 radical (unpaired) electrons. The van der Waals surface area contributed by atoms with Crippen molar-refractivity contribution < 1.29 is 14.7 Å². The van der Waals surface area contributed by atoms with Crippen LogP contribution in [0.4, 0.5) is 0 Å². The molecule has 0 bridgehead atoms. The average molecular weight is 318 g/mol. The van der Waals surface area contributed by atoms with Crippen molar-refractivity contribution in [2.45, 2.75) is 32.2 Å². The minimum atomic E-state index is -1.06. The number of rotatable bonds is 6. The van der Waals surface area contributed by atoms with Crippen molar-refractivity contribution in [3.8, 4) is 0 Å². The largest absolute Gasteiger partial charge is 0.480 e. The lowest BCUT2D eigenvalue weighted by atomic mass is 10.1. The fourth-order valence-corrected chi connectivity index (χ4v) is 2.75. The normalized spacial score (nSPS) is 12.1. The molecule has 1 aromatic heterocycles. The first-order chi connectivity index (χ1) is 10.5. The second kappa shape index (κ2) is 7.17. The maximum absolute atomic E-state index is 12.2. The number of hydrogen-bond donors (Lipinski definition) is 2. The standard InChI is InChI=1S/C16H18N2O3S/c1-10(2)15-18-13(9-22-15)14(19)17-12(16(20)21)8-11-6-4-3-5-7-11/h3-7,9-10,12H,8H2,1-2H3,(H,17,19)(H,20,21). The molecule has 0 spiro atoms. The zero-order chi connectivity index (χ0) is 16.1. The third kappa shape index (κ3) is 4.14. The molecule has 6 heteroatoms. The Morgan fingerprint density at radius 3 is 2.50 bits per heavy atom. The summed E-state index contributed by atoms with van der Waals surface area (Å²) in [6, 6.07) is 8.24. The number of aliphatic carboxylic acids is 1. The zero-order valence-electron chi connectivity index (χ0n) is 12.4. The topological polar surface area (TPSA) is 79.3 Å². The van der Waals surface area contributed by atoms with E-state index in [0.717, 1.165) is 10.6 Å². The van der Waals surface area contributed by atoms with E-state index in [1.807, 2.05) is 44.2 Å². The van der Waals surface area contributed by atoms with Crippen LogP contribution in [0.3, 0.4) is 0 Å². The number of hydrogen-bond acceptors (Lipinski definition) is 4. The van der Waals surface area contributed by atoms with E-state index in [1.165, 1.54) is 11.3 Å². The van der Waals surface area contributed by atoms with Gasteiger partial charge >= 0.3 is 5.97 Å². The maximum Gasteiger partial charge on any atom is 0.326 e. The van der Waals surface area contributed by atoms with Crippen molar-refractivity contribution in [1.82, 2.24) is 10.3 Å². The van der Waals surface area contributed by atoms with Crippen molar-refractivity contribution in [3.63, 3.8) is 0 Å². The van der Waals surface area contributed by atoms with Crippen LogP contribution in [0.1, 0.15) is 40.8 Å². The number of carboxylic acid groups (broad SMARTS) is 1. The second-order valence-corrected chi connectivity index (χ2v) is 6.17. The highest BCUT2D eigenvalue weighted by Crippen LogP contribution is 2.19. The van der Waals surface area contributed by atoms with Gasteiger partial charge in [0.25, 0.3) is 5.91 Å². The summed E-state index contributed by atoms with van der Waals surface area (Å²) in [5, 5.41) is 14.4. The van der Waals surface area contributed by atoms with Crippen LogP contribution >= 0.6 is 11.3 Å². The Morgan fingerprint density at radius 1 is 1.27 bits per heavy atom. The van der Waals surface area contributed by atoms with E-state index in [0.29, 0.717) is 0 Å². The number of benzene rings is 1. The van der Waals surface area contributed by atoms with E-state index in [9.17, 15) is 14.7 Å². The molecule has 1 aromatic carbocycles. The van der Waals surface area contributed by atoms with Crippen LogP contribution in [0.2, 0.25) is 0 Å². The first-order valence-corrected chi connectivity index (χ1v) is 7.88. The van der Waals surface area contributed by atoms with E-state index >= 15 is 0 Å². The molecule has 2 rings (SSSR count). The molecule has 1 amide bonds. The van der Waals surface area contributed by atoms with Crippen molar-refractivity contribution in [1.29, 1.82) is 0 Å². The minimum Gasteiger partial charge on any atom is -0.480 e. The van der Waals surface area contributed by atoms with Gasteiger partial charge in [-0.15, -0.1) is 11.3 Å². The van der Waals surface area contributed by atoms with Crippen LogP contribution in [0.25, 0.3) is 0 Å². The molecule has 0 aliphatic rings. The van der Waals surface area contributed by atoms with Crippen molar-refractivity contribution in [3.05, 3.63) is 52.0 Å². The molecular formula is C16H18N2O3S. The number of carbonyl (C=O) groups is 2. The molecule has 5 nitrogen and oxygen atoms in total. The SMILES string of the molecule is CC(C)c1nc(C(=O)NC(Cc2ccccc2)C(=O)O)cs1. The Bertz CT molecular complexity index is 652. The molecule has 1 heterocycles. The number of thiazole rings is 1. The lowest BCUT2D eigenvalue weighted by molar-refractivity contribution is -0.139. The molecule has 2 aromatic rings. The highest BCUT2D eigenvalue weighted by molar-refractivity contribution is 7.09. The summed E-state index contributed by atoms with van der Waals surface area (Å²) in [5.74, 6) is -1.27. The van der Waals surface area contributed by atoms with Gasteiger partial charge in [0.2, 0.25) is 0 Å². The third-order valence-electron chi connectivity index (χ3n) is 3.13. The lowest BCUT2D eigenvalue weighted by Crippen LogP contribution is -2.42. The highest BCUT2D eigenvalue weighted by Gasteiger charge is 2.22. The number of nitrogens with zero attached hydrogens (tertiary/aromatic N) is 1. The predicted molar refractivity (Wildman–Crippen MR) is 85.2 cm³/mol. The number of amides is 1. The summed E-state index contributed by atoms with van der Waals surface area (Å²) in [6.45, 7) is 3.99. The van der Waals surface area contributed by atoms with Crippen LogP contribution in [0.15, 0.2) is 35.7 Å². The van der Waals surface area contributed by atoms with Gasteiger partial charge in [0, 0.05) is 17.7 Å². The van der Waals surface area contributed by atoms with E-state index in [1.54, 1.807) is 5.38 Å². The quantitative estimate of drug-likeness (QED) is 0.858. The summed E-state index contributed by atoms with van der Waals surface area (Å²) in [6.07, 6.45) is 0.239. The first-order valence-electron chi connectivity index (χ1n) is 7.00. The van der Waals surface area contributed by atoms with Crippen molar-refractivity contribution >= 4 is 23.2 Å². The number of aromatic nitrogens is 1.